The van der Waals surface area contributed by atoms with E-state index < -0.39 is 24.9 Å². The van der Waals surface area contributed by atoms with Crippen molar-refractivity contribution in [2.45, 2.75) is 26.4 Å². The van der Waals surface area contributed by atoms with Crippen LogP contribution in [0.1, 0.15) is 18.1 Å². The Morgan fingerprint density at radius 1 is 1.45 bits per heavy atom. The summed E-state index contributed by atoms with van der Waals surface area (Å²) in [4.78, 5) is 14.9. The average molecular weight is 407 g/mol. The zero-order valence-corrected chi connectivity index (χ0v) is 12.4. The van der Waals surface area contributed by atoms with Gasteiger partial charge in [-0.25, -0.2) is 9.37 Å². The fourth-order valence-corrected chi connectivity index (χ4v) is 2.17. The number of nitrogens with zero attached hydrogens (tertiary/aromatic N) is 1. The molecule has 0 fully saturated rings. The van der Waals surface area contributed by atoms with E-state index >= 15 is 0 Å². The Morgan fingerprint density at radius 2 is 2.10 bits per heavy atom. The van der Waals surface area contributed by atoms with E-state index in [4.69, 9.17) is 4.74 Å². The van der Waals surface area contributed by atoms with Crippen molar-refractivity contribution in [1.29, 1.82) is 0 Å². The third-order valence-electron chi connectivity index (χ3n) is 2.13. The number of rotatable bonds is 5. The van der Waals surface area contributed by atoms with Crippen LogP contribution < -0.4 is 4.74 Å². The van der Waals surface area contributed by atoms with Gasteiger partial charge in [-0.05, 0) is 35.1 Å². The summed E-state index contributed by atoms with van der Waals surface area (Å²) in [6.45, 7) is 0.724. The molecule has 0 unspecified atom stereocenters. The highest BCUT2D eigenvalue weighted by molar-refractivity contribution is 14.1. The number of hydrogen-bond donors (Lipinski definition) is 0. The molecule has 1 aromatic heterocycles. The Bertz CT molecular complexity index is 493. The van der Waals surface area contributed by atoms with Crippen LogP contribution in [0.5, 0.6) is 5.88 Å². The van der Waals surface area contributed by atoms with Crippen LogP contribution >= 0.6 is 22.6 Å². The van der Waals surface area contributed by atoms with E-state index in [1.807, 2.05) is 0 Å². The van der Waals surface area contributed by atoms with Crippen molar-refractivity contribution in [2.75, 3.05) is 6.61 Å². The Hall–Kier alpha value is -1.13. The summed E-state index contributed by atoms with van der Waals surface area (Å²) in [7, 11) is 0. The summed E-state index contributed by atoms with van der Waals surface area (Å²) in [6.07, 6.45) is -5.17. The summed E-state index contributed by atoms with van der Waals surface area (Å²) in [6, 6.07) is 0.824. The molecule has 0 spiro atoms. The van der Waals surface area contributed by atoms with E-state index in [1.165, 1.54) is 0 Å². The molecule has 20 heavy (non-hydrogen) atoms. The summed E-state index contributed by atoms with van der Waals surface area (Å²) < 4.78 is 57.6. The fraction of sp³-hybridized carbons (Fsp3) is 0.455. The van der Waals surface area contributed by atoms with Crippen molar-refractivity contribution in [3.63, 3.8) is 0 Å². The maximum Gasteiger partial charge on any atom is 0.574 e. The molecule has 112 valence electrons. The lowest BCUT2D eigenvalue weighted by atomic mass is 10.1. The van der Waals surface area contributed by atoms with Crippen LogP contribution in [0.25, 0.3) is 0 Å². The van der Waals surface area contributed by atoms with E-state index in [0.717, 1.165) is 6.07 Å². The van der Waals surface area contributed by atoms with E-state index in [0.29, 0.717) is 0 Å². The molecule has 1 aromatic rings. The van der Waals surface area contributed by atoms with Crippen molar-refractivity contribution in [3.05, 3.63) is 20.9 Å². The van der Waals surface area contributed by atoms with E-state index in [-0.39, 0.29) is 27.9 Å². The first-order valence-electron chi connectivity index (χ1n) is 5.42. The maximum atomic E-state index is 12.9. The number of carbonyl (C=O) groups excluding carboxylic acids is 1. The molecule has 0 aliphatic rings. The Kier molecular flexibility index (Phi) is 5.96. The Balaban J connectivity index is 3.05. The standard InChI is InChI=1S/C11H10F4INO3/c1-2-19-9(18)4-7-6(5-12)3-8(17-10(7)16)20-11(13,14)15/h3H,2,4-5H2,1H3. The van der Waals surface area contributed by atoms with Gasteiger partial charge in [-0.2, -0.15) is 0 Å². The minimum absolute atomic E-state index is 0.0602. The molecular formula is C11H10F4INO3. The molecule has 0 saturated heterocycles. The highest BCUT2D eigenvalue weighted by Gasteiger charge is 2.32. The first-order chi connectivity index (χ1) is 9.26. The van der Waals surface area contributed by atoms with Crippen LogP contribution in [0.3, 0.4) is 0 Å². The van der Waals surface area contributed by atoms with Crippen LogP contribution in [-0.2, 0) is 22.6 Å². The van der Waals surface area contributed by atoms with Crippen molar-refractivity contribution in [2.24, 2.45) is 0 Å². The van der Waals surface area contributed by atoms with Gasteiger partial charge in [0.1, 0.15) is 10.4 Å². The van der Waals surface area contributed by atoms with Gasteiger partial charge in [-0.15, -0.1) is 13.2 Å². The second-order valence-corrected chi connectivity index (χ2v) is 4.57. The molecule has 1 heterocycles. The molecule has 0 saturated carbocycles. The van der Waals surface area contributed by atoms with Gasteiger partial charge < -0.3 is 9.47 Å². The number of alkyl halides is 4. The van der Waals surface area contributed by atoms with Gasteiger partial charge in [0.05, 0.1) is 13.0 Å². The molecule has 0 bridgehead atoms. The maximum absolute atomic E-state index is 12.9. The van der Waals surface area contributed by atoms with E-state index in [2.05, 4.69) is 9.72 Å². The highest BCUT2D eigenvalue weighted by atomic mass is 127. The number of pyridine rings is 1. The SMILES string of the molecule is CCOC(=O)Cc1c(CF)cc(OC(F)(F)F)nc1I. The van der Waals surface area contributed by atoms with Gasteiger partial charge >= 0.3 is 12.3 Å². The van der Waals surface area contributed by atoms with E-state index in [9.17, 15) is 22.4 Å². The predicted molar refractivity (Wildman–Crippen MR) is 68.8 cm³/mol. The molecular weight excluding hydrogens is 397 g/mol. The third kappa shape index (κ3) is 5.10. The van der Waals surface area contributed by atoms with Crippen LogP contribution in [0.4, 0.5) is 17.6 Å². The van der Waals surface area contributed by atoms with Gasteiger partial charge in [0.15, 0.2) is 0 Å². The van der Waals surface area contributed by atoms with Crippen molar-refractivity contribution >= 4 is 28.6 Å². The number of halogens is 5. The first-order valence-corrected chi connectivity index (χ1v) is 6.50. The van der Waals surface area contributed by atoms with Crippen molar-refractivity contribution in [3.8, 4) is 5.88 Å². The summed E-state index contributed by atoms with van der Waals surface area (Å²) in [5, 5.41) is 0. The fourth-order valence-electron chi connectivity index (χ4n) is 1.40. The van der Waals surface area contributed by atoms with Crippen molar-refractivity contribution < 1.29 is 31.8 Å². The lowest BCUT2D eigenvalue weighted by Crippen LogP contribution is -2.19. The van der Waals surface area contributed by atoms with E-state index in [1.54, 1.807) is 29.5 Å². The molecule has 0 aromatic carbocycles. The predicted octanol–water partition coefficient (Wildman–Crippen LogP) is 3.16. The Labute approximate surface area is 125 Å². The van der Waals surface area contributed by atoms with Crippen LogP contribution in [-0.4, -0.2) is 23.9 Å². The van der Waals surface area contributed by atoms with Gasteiger partial charge in [-0.3, -0.25) is 4.79 Å². The van der Waals surface area contributed by atoms with Gasteiger partial charge in [-0.1, -0.05) is 0 Å². The van der Waals surface area contributed by atoms with Crippen LogP contribution in [0.2, 0.25) is 0 Å². The second kappa shape index (κ2) is 7.04. The molecule has 0 aliphatic carbocycles. The number of aromatic nitrogens is 1. The second-order valence-electron chi connectivity index (χ2n) is 3.55. The zero-order valence-electron chi connectivity index (χ0n) is 10.3. The largest absolute Gasteiger partial charge is 0.574 e. The van der Waals surface area contributed by atoms with Crippen LogP contribution in [0.15, 0.2) is 6.07 Å². The van der Waals surface area contributed by atoms with Crippen molar-refractivity contribution in [1.82, 2.24) is 4.98 Å². The summed E-state index contributed by atoms with van der Waals surface area (Å²) in [5.74, 6) is -1.37. The number of hydrogen-bond acceptors (Lipinski definition) is 4. The molecule has 0 atom stereocenters. The monoisotopic (exact) mass is 407 g/mol. The molecule has 0 aliphatic heterocycles. The molecule has 0 radical (unpaired) electrons. The highest BCUT2D eigenvalue weighted by Crippen LogP contribution is 2.26. The quantitative estimate of drug-likeness (QED) is 0.326. The molecule has 0 amide bonds. The zero-order chi connectivity index (χ0) is 15.3. The van der Waals surface area contributed by atoms with Gasteiger partial charge in [0.25, 0.3) is 0 Å². The molecule has 9 heteroatoms. The molecule has 4 nitrogen and oxygen atoms in total. The topological polar surface area (TPSA) is 48.4 Å². The normalized spacial score (nSPS) is 11.3. The number of esters is 1. The molecule has 1 rings (SSSR count). The van der Waals surface area contributed by atoms with Crippen LogP contribution in [0, 0.1) is 3.70 Å². The van der Waals surface area contributed by atoms with Gasteiger partial charge in [0.2, 0.25) is 5.88 Å². The first kappa shape index (κ1) is 16.9. The number of carbonyl (C=O) groups is 1. The summed E-state index contributed by atoms with van der Waals surface area (Å²) in [5.41, 5.74) is 0.109. The third-order valence-corrected chi connectivity index (χ3v) is 3.03. The minimum atomic E-state index is -4.91. The lowest BCUT2D eigenvalue weighted by Gasteiger charge is -2.13. The Morgan fingerprint density at radius 3 is 2.60 bits per heavy atom. The minimum Gasteiger partial charge on any atom is -0.466 e. The lowest BCUT2D eigenvalue weighted by molar-refractivity contribution is -0.276. The summed E-state index contributed by atoms with van der Waals surface area (Å²) >= 11 is 1.62. The van der Waals surface area contributed by atoms with Gasteiger partial charge in [0, 0.05) is 11.6 Å². The smallest absolute Gasteiger partial charge is 0.466 e. The number of ether oxygens (including phenoxy) is 2. The molecule has 0 N–H and O–H groups in total. The average Bonchev–Trinajstić information content (AvgIpc) is 2.30.